The van der Waals surface area contributed by atoms with E-state index in [1.807, 2.05) is 42.5 Å². The minimum absolute atomic E-state index is 0.00244. The second-order valence-corrected chi connectivity index (χ2v) is 7.13. The number of carbonyl (C=O) groups is 4. The van der Waals surface area contributed by atoms with E-state index in [0.29, 0.717) is 19.4 Å². The molecule has 0 spiro atoms. The number of benzene rings is 1. The Morgan fingerprint density at radius 1 is 1.07 bits per heavy atom. The Bertz CT molecular complexity index is 763. The maximum atomic E-state index is 12.3. The number of hydrogen-bond acceptors (Lipinski definition) is 5. The van der Waals surface area contributed by atoms with Gasteiger partial charge in [-0.3, -0.25) is 24.1 Å². The number of hydrogen-bond donors (Lipinski definition) is 0. The van der Waals surface area contributed by atoms with Crippen molar-refractivity contribution in [2.45, 2.75) is 25.8 Å². The third-order valence-corrected chi connectivity index (χ3v) is 5.18. The van der Waals surface area contributed by atoms with Crippen LogP contribution in [0, 0.1) is 11.8 Å². The lowest BCUT2D eigenvalue weighted by molar-refractivity contribution is -0.152. The van der Waals surface area contributed by atoms with Gasteiger partial charge in [0.2, 0.25) is 11.8 Å². The lowest BCUT2D eigenvalue weighted by Crippen LogP contribution is -2.34. The molecule has 0 bridgehead atoms. The molecule has 7 heteroatoms. The average molecular weight is 384 g/mol. The summed E-state index contributed by atoms with van der Waals surface area (Å²) in [6.07, 6.45) is 4.86. The monoisotopic (exact) mass is 384 g/mol. The van der Waals surface area contributed by atoms with E-state index in [0.717, 1.165) is 10.5 Å². The van der Waals surface area contributed by atoms with E-state index < -0.39 is 5.97 Å². The van der Waals surface area contributed by atoms with Crippen LogP contribution in [0.3, 0.4) is 0 Å². The van der Waals surface area contributed by atoms with Gasteiger partial charge in [-0.2, -0.15) is 0 Å². The minimum Gasteiger partial charge on any atom is -0.456 e. The molecule has 7 nitrogen and oxygen atoms in total. The van der Waals surface area contributed by atoms with Crippen molar-refractivity contribution < 1.29 is 23.9 Å². The molecule has 148 valence electrons. The van der Waals surface area contributed by atoms with E-state index in [9.17, 15) is 19.2 Å². The zero-order chi connectivity index (χ0) is 20.1. The number of carbonyl (C=O) groups excluding carboxylic acids is 4. The number of esters is 1. The van der Waals surface area contributed by atoms with Crippen molar-refractivity contribution in [3.05, 3.63) is 48.0 Å². The third-order valence-electron chi connectivity index (χ3n) is 5.18. The standard InChI is InChI=1S/C21H24N2O5/c1-22(13-15-7-3-2-4-8-15)18(24)14-28-19(25)11-12-23-20(26)16-9-5-6-10-17(16)21(23)27/h2-8,16-17H,9-14H2,1H3. The fourth-order valence-electron chi connectivity index (χ4n) is 3.56. The molecule has 1 fully saturated rings. The highest BCUT2D eigenvalue weighted by Gasteiger charge is 2.46. The van der Waals surface area contributed by atoms with E-state index >= 15 is 0 Å². The van der Waals surface area contributed by atoms with Crippen LogP contribution >= 0.6 is 0 Å². The van der Waals surface area contributed by atoms with Crippen molar-refractivity contribution in [2.75, 3.05) is 20.2 Å². The second-order valence-electron chi connectivity index (χ2n) is 7.13. The highest BCUT2D eigenvalue weighted by Crippen LogP contribution is 2.34. The highest BCUT2D eigenvalue weighted by atomic mass is 16.5. The van der Waals surface area contributed by atoms with Gasteiger partial charge in [-0.15, -0.1) is 0 Å². The Morgan fingerprint density at radius 3 is 2.29 bits per heavy atom. The van der Waals surface area contributed by atoms with Crippen molar-refractivity contribution in [1.82, 2.24) is 9.80 Å². The van der Waals surface area contributed by atoms with Crippen molar-refractivity contribution >= 4 is 23.7 Å². The normalized spacial score (nSPS) is 20.8. The summed E-state index contributed by atoms with van der Waals surface area (Å²) < 4.78 is 5.02. The number of likely N-dealkylation sites (N-methyl/N-ethyl adjacent to an activating group) is 1. The van der Waals surface area contributed by atoms with E-state index in [1.165, 1.54) is 4.90 Å². The zero-order valence-corrected chi connectivity index (χ0v) is 15.9. The largest absolute Gasteiger partial charge is 0.456 e. The molecule has 1 aromatic rings. The number of allylic oxidation sites excluding steroid dienone is 2. The smallest absolute Gasteiger partial charge is 0.308 e. The van der Waals surface area contributed by atoms with Crippen molar-refractivity contribution in [3.8, 4) is 0 Å². The first-order chi connectivity index (χ1) is 13.5. The van der Waals surface area contributed by atoms with Crippen LogP contribution < -0.4 is 0 Å². The Labute approximate surface area is 163 Å². The Kier molecular flexibility index (Phi) is 6.23. The Hall–Kier alpha value is -2.96. The van der Waals surface area contributed by atoms with Gasteiger partial charge in [0.1, 0.15) is 0 Å². The number of ether oxygens (including phenoxy) is 1. The van der Waals surface area contributed by atoms with Gasteiger partial charge in [0.05, 0.1) is 18.3 Å². The molecule has 2 unspecified atom stereocenters. The van der Waals surface area contributed by atoms with E-state index in [4.69, 9.17) is 4.74 Å². The molecule has 0 aromatic heterocycles. The zero-order valence-electron chi connectivity index (χ0n) is 15.9. The van der Waals surface area contributed by atoms with Crippen LogP contribution in [0.2, 0.25) is 0 Å². The third kappa shape index (κ3) is 4.47. The quantitative estimate of drug-likeness (QED) is 0.404. The number of rotatable bonds is 7. The first-order valence-electron chi connectivity index (χ1n) is 9.41. The molecule has 2 aliphatic rings. The van der Waals surface area contributed by atoms with Gasteiger partial charge in [-0.05, 0) is 18.4 Å². The summed E-state index contributed by atoms with van der Waals surface area (Å²) in [4.78, 5) is 51.4. The molecular formula is C21H24N2O5. The molecule has 1 aliphatic heterocycles. The van der Waals surface area contributed by atoms with Gasteiger partial charge >= 0.3 is 5.97 Å². The first kappa shape index (κ1) is 19.8. The molecule has 3 amide bonds. The van der Waals surface area contributed by atoms with Gasteiger partial charge in [-0.25, -0.2) is 0 Å². The molecule has 3 rings (SSSR count). The maximum absolute atomic E-state index is 12.3. The molecular weight excluding hydrogens is 360 g/mol. The van der Waals surface area contributed by atoms with Crippen LogP contribution in [0.15, 0.2) is 42.5 Å². The lowest BCUT2D eigenvalue weighted by atomic mass is 9.85. The van der Waals surface area contributed by atoms with Crippen LogP contribution in [-0.4, -0.2) is 53.7 Å². The number of amides is 3. The second kappa shape index (κ2) is 8.82. The topological polar surface area (TPSA) is 84.0 Å². The number of imide groups is 1. The predicted molar refractivity (Wildman–Crippen MR) is 101 cm³/mol. The van der Waals surface area contributed by atoms with E-state index in [1.54, 1.807) is 7.05 Å². The summed E-state index contributed by atoms with van der Waals surface area (Å²) in [5.74, 6) is -1.96. The van der Waals surface area contributed by atoms with Crippen LogP contribution in [0.5, 0.6) is 0 Å². The summed E-state index contributed by atoms with van der Waals surface area (Å²) in [6.45, 7) is 0.0571. The molecule has 0 N–H and O–H groups in total. The summed E-state index contributed by atoms with van der Waals surface area (Å²) in [6, 6.07) is 9.50. The number of fused-ring (bicyclic) bond motifs is 1. The molecule has 1 aromatic carbocycles. The summed E-state index contributed by atoms with van der Waals surface area (Å²) >= 11 is 0. The molecule has 0 radical (unpaired) electrons. The predicted octanol–water partition coefficient (Wildman–Crippen LogP) is 1.53. The van der Waals surface area contributed by atoms with Gasteiger partial charge in [-0.1, -0.05) is 42.5 Å². The van der Waals surface area contributed by atoms with E-state index in [2.05, 4.69) is 0 Å². The average Bonchev–Trinajstić information content (AvgIpc) is 2.95. The van der Waals surface area contributed by atoms with Gasteiger partial charge < -0.3 is 9.64 Å². The minimum atomic E-state index is -0.602. The molecule has 1 heterocycles. The fraction of sp³-hybridized carbons (Fsp3) is 0.429. The van der Waals surface area contributed by atoms with Gasteiger partial charge in [0.15, 0.2) is 6.61 Å². The lowest BCUT2D eigenvalue weighted by Gasteiger charge is -2.18. The first-order valence-corrected chi connectivity index (χ1v) is 9.41. The molecule has 0 saturated carbocycles. The number of nitrogens with zero attached hydrogens (tertiary/aromatic N) is 2. The van der Waals surface area contributed by atoms with Gasteiger partial charge in [0, 0.05) is 20.1 Å². The van der Waals surface area contributed by atoms with Crippen molar-refractivity contribution in [1.29, 1.82) is 0 Å². The fourth-order valence-corrected chi connectivity index (χ4v) is 3.56. The van der Waals surface area contributed by atoms with Gasteiger partial charge in [0.25, 0.3) is 5.91 Å². The highest BCUT2D eigenvalue weighted by molar-refractivity contribution is 6.05. The van der Waals surface area contributed by atoms with E-state index in [-0.39, 0.29) is 49.1 Å². The van der Waals surface area contributed by atoms with Crippen LogP contribution in [0.4, 0.5) is 0 Å². The van der Waals surface area contributed by atoms with Crippen LogP contribution in [0.1, 0.15) is 24.8 Å². The van der Waals surface area contributed by atoms with Crippen LogP contribution in [-0.2, 0) is 30.5 Å². The summed E-state index contributed by atoms with van der Waals surface area (Å²) in [7, 11) is 1.64. The van der Waals surface area contributed by atoms with Crippen molar-refractivity contribution in [3.63, 3.8) is 0 Å². The molecule has 28 heavy (non-hydrogen) atoms. The SMILES string of the molecule is CN(Cc1ccccc1)C(=O)COC(=O)CCN1C(=O)C2CC=CCC2C1=O. The molecule has 2 atom stereocenters. The molecule has 1 saturated heterocycles. The van der Waals surface area contributed by atoms with Crippen LogP contribution in [0.25, 0.3) is 0 Å². The van der Waals surface area contributed by atoms with Crippen molar-refractivity contribution in [2.24, 2.45) is 11.8 Å². The molecule has 1 aliphatic carbocycles. The Morgan fingerprint density at radius 2 is 1.68 bits per heavy atom. The Balaban J connectivity index is 1.41. The number of likely N-dealkylation sites (tertiary alicyclic amines) is 1. The maximum Gasteiger partial charge on any atom is 0.308 e. The summed E-state index contributed by atoms with van der Waals surface area (Å²) in [5, 5.41) is 0. The summed E-state index contributed by atoms with van der Waals surface area (Å²) in [5.41, 5.74) is 0.978.